The van der Waals surface area contributed by atoms with Crippen LogP contribution in [0.3, 0.4) is 0 Å². The maximum absolute atomic E-state index is 14.7. The third-order valence-corrected chi connectivity index (χ3v) is 7.25. The van der Waals surface area contributed by atoms with Crippen molar-refractivity contribution >= 4 is 22.6 Å². The second-order valence-electron chi connectivity index (χ2n) is 9.52. The first-order valence-electron chi connectivity index (χ1n) is 12.6. The van der Waals surface area contributed by atoms with Crippen LogP contribution in [-0.2, 0) is 6.42 Å². The van der Waals surface area contributed by atoms with E-state index in [2.05, 4.69) is 50.2 Å². The molecule has 0 aliphatic carbocycles. The second kappa shape index (κ2) is 10.4. The van der Waals surface area contributed by atoms with Crippen LogP contribution >= 0.6 is 11.6 Å². The van der Waals surface area contributed by atoms with Crippen LogP contribution in [0.2, 0.25) is 5.02 Å². The number of aromatic nitrogens is 3. The lowest BCUT2D eigenvalue weighted by Crippen LogP contribution is -2.21. The van der Waals surface area contributed by atoms with Crippen molar-refractivity contribution in [2.24, 2.45) is 0 Å². The SMILES string of the molecule is Fc1ccc(Cl)cc1-c1cc(-c2cncc(-c3cccc(CCN4CCCC4)c3)c2)c2cccnc2n1. The van der Waals surface area contributed by atoms with Gasteiger partial charge < -0.3 is 4.90 Å². The van der Waals surface area contributed by atoms with Crippen molar-refractivity contribution in [1.82, 2.24) is 19.9 Å². The zero-order valence-corrected chi connectivity index (χ0v) is 21.1. The molecule has 4 nitrogen and oxygen atoms in total. The van der Waals surface area contributed by atoms with E-state index in [-0.39, 0.29) is 5.82 Å². The molecule has 0 amide bonds. The van der Waals surface area contributed by atoms with E-state index in [9.17, 15) is 4.39 Å². The fourth-order valence-corrected chi connectivity index (χ4v) is 5.24. The Morgan fingerprint density at radius 1 is 0.838 bits per heavy atom. The number of nitrogens with zero attached hydrogens (tertiary/aromatic N) is 4. The van der Waals surface area contributed by atoms with Gasteiger partial charge in [0.25, 0.3) is 0 Å². The Labute approximate surface area is 220 Å². The summed E-state index contributed by atoms with van der Waals surface area (Å²) in [5, 5.41) is 1.33. The van der Waals surface area contributed by atoms with E-state index < -0.39 is 0 Å². The predicted octanol–water partition coefficient (Wildman–Crippen LogP) is 7.46. The zero-order chi connectivity index (χ0) is 25.2. The van der Waals surface area contributed by atoms with Crippen molar-refractivity contribution in [3.8, 4) is 33.5 Å². The molecule has 0 N–H and O–H groups in total. The lowest BCUT2D eigenvalue weighted by molar-refractivity contribution is 0.343. The van der Waals surface area contributed by atoms with Gasteiger partial charge in [-0.15, -0.1) is 0 Å². The highest BCUT2D eigenvalue weighted by Gasteiger charge is 2.15. The Bertz CT molecular complexity index is 1580. The highest BCUT2D eigenvalue weighted by atomic mass is 35.5. The molecule has 1 aliphatic heterocycles. The van der Waals surface area contributed by atoms with Crippen molar-refractivity contribution in [3.63, 3.8) is 0 Å². The van der Waals surface area contributed by atoms with E-state index in [0.717, 1.165) is 40.6 Å². The van der Waals surface area contributed by atoms with E-state index in [4.69, 9.17) is 11.6 Å². The van der Waals surface area contributed by atoms with E-state index in [1.54, 1.807) is 12.3 Å². The summed E-state index contributed by atoms with van der Waals surface area (Å²) in [4.78, 5) is 16.2. The molecular formula is C31H26ClFN4. The topological polar surface area (TPSA) is 41.9 Å². The van der Waals surface area contributed by atoms with Gasteiger partial charge in [-0.1, -0.05) is 35.9 Å². The molecule has 0 radical (unpaired) electrons. The van der Waals surface area contributed by atoms with Gasteiger partial charge in [0.1, 0.15) is 5.82 Å². The van der Waals surface area contributed by atoms with Crippen LogP contribution in [0.25, 0.3) is 44.5 Å². The van der Waals surface area contributed by atoms with Crippen molar-refractivity contribution < 1.29 is 4.39 Å². The fourth-order valence-electron chi connectivity index (χ4n) is 5.07. The van der Waals surface area contributed by atoms with Gasteiger partial charge in [0.05, 0.1) is 5.69 Å². The normalized spacial score (nSPS) is 13.9. The molecule has 1 saturated heterocycles. The average Bonchev–Trinajstić information content (AvgIpc) is 3.47. The standard InChI is InChI=1S/C31H26ClFN4/c32-25-8-9-29(33)28(17-25)30-18-27(26-7-4-11-35-31(26)36-30)24-16-23(19-34-20-24)22-6-3-5-21(15-22)10-14-37-12-1-2-13-37/h3-9,11,15-20H,1-2,10,12-14H2. The number of halogens is 2. The van der Waals surface area contributed by atoms with Crippen LogP contribution in [-0.4, -0.2) is 39.5 Å². The molecule has 0 bridgehead atoms. The molecule has 2 aromatic carbocycles. The Balaban J connectivity index is 1.39. The Morgan fingerprint density at radius 2 is 1.70 bits per heavy atom. The van der Waals surface area contributed by atoms with E-state index >= 15 is 0 Å². The molecule has 6 heteroatoms. The third-order valence-electron chi connectivity index (χ3n) is 7.01. The smallest absolute Gasteiger partial charge is 0.160 e. The first-order chi connectivity index (χ1) is 18.1. The molecule has 1 aliphatic rings. The molecule has 1 fully saturated rings. The largest absolute Gasteiger partial charge is 0.303 e. The molecule has 0 atom stereocenters. The van der Waals surface area contributed by atoms with E-state index in [1.807, 2.05) is 30.6 Å². The highest BCUT2D eigenvalue weighted by Crippen LogP contribution is 2.34. The first-order valence-corrected chi connectivity index (χ1v) is 13.0. The minimum Gasteiger partial charge on any atom is -0.303 e. The average molecular weight is 509 g/mol. The van der Waals surface area contributed by atoms with E-state index in [0.29, 0.717) is 21.9 Å². The molecule has 184 valence electrons. The van der Waals surface area contributed by atoms with Gasteiger partial charge in [0, 0.05) is 52.2 Å². The molecule has 5 aromatic rings. The number of hydrogen-bond acceptors (Lipinski definition) is 4. The van der Waals surface area contributed by atoms with Gasteiger partial charge in [-0.05, 0) is 91.5 Å². The summed E-state index contributed by atoms with van der Waals surface area (Å²) in [6.07, 6.45) is 9.07. The van der Waals surface area contributed by atoms with Crippen LogP contribution < -0.4 is 0 Å². The zero-order valence-electron chi connectivity index (χ0n) is 20.4. The minimum atomic E-state index is -0.379. The monoisotopic (exact) mass is 508 g/mol. The van der Waals surface area contributed by atoms with Crippen LogP contribution in [0.15, 0.2) is 85.3 Å². The highest BCUT2D eigenvalue weighted by molar-refractivity contribution is 6.30. The molecule has 0 unspecified atom stereocenters. The number of benzene rings is 2. The molecule has 4 heterocycles. The lowest BCUT2D eigenvalue weighted by Gasteiger charge is -2.15. The summed E-state index contributed by atoms with van der Waals surface area (Å²) in [6, 6.07) is 21.1. The van der Waals surface area contributed by atoms with Crippen molar-refractivity contribution in [3.05, 3.63) is 102 Å². The molecule has 6 rings (SSSR count). The van der Waals surface area contributed by atoms with Crippen molar-refractivity contribution in [2.45, 2.75) is 19.3 Å². The summed E-state index contributed by atoms with van der Waals surface area (Å²) in [5.41, 5.74) is 6.68. The van der Waals surface area contributed by atoms with Gasteiger partial charge in [0.2, 0.25) is 0 Å². The molecule has 0 spiro atoms. The van der Waals surface area contributed by atoms with Crippen molar-refractivity contribution in [1.29, 1.82) is 0 Å². The number of pyridine rings is 3. The van der Waals surface area contributed by atoms with Gasteiger partial charge in [-0.25, -0.2) is 14.4 Å². The van der Waals surface area contributed by atoms with E-state index in [1.165, 1.54) is 43.6 Å². The summed E-state index contributed by atoms with van der Waals surface area (Å²) >= 11 is 6.18. The minimum absolute atomic E-state index is 0.344. The van der Waals surface area contributed by atoms with Crippen LogP contribution in [0.1, 0.15) is 18.4 Å². The summed E-state index contributed by atoms with van der Waals surface area (Å²) in [6.45, 7) is 3.52. The van der Waals surface area contributed by atoms with Gasteiger partial charge >= 0.3 is 0 Å². The summed E-state index contributed by atoms with van der Waals surface area (Å²) < 4.78 is 14.7. The third kappa shape index (κ3) is 5.10. The second-order valence-corrected chi connectivity index (χ2v) is 9.95. The number of hydrogen-bond donors (Lipinski definition) is 0. The summed E-state index contributed by atoms with van der Waals surface area (Å²) in [7, 11) is 0. The Morgan fingerprint density at radius 3 is 2.59 bits per heavy atom. The van der Waals surface area contributed by atoms with Gasteiger partial charge in [-0.2, -0.15) is 0 Å². The maximum Gasteiger partial charge on any atom is 0.160 e. The molecule has 37 heavy (non-hydrogen) atoms. The predicted molar refractivity (Wildman–Crippen MR) is 148 cm³/mol. The van der Waals surface area contributed by atoms with Gasteiger partial charge in [0.15, 0.2) is 5.65 Å². The molecular weight excluding hydrogens is 483 g/mol. The molecule has 3 aromatic heterocycles. The maximum atomic E-state index is 14.7. The Kier molecular flexibility index (Phi) is 6.64. The first kappa shape index (κ1) is 23.7. The fraction of sp³-hybridized carbons (Fsp3) is 0.194. The number of rotatable bonds is 6. The quantitative estimate of drug-likeness (QED) is 0.239. The van der Waals surface area contributed by atoms with Crippen LogP contribution in [0, 0.1) is 5.82 Å². The Hall–Kier alpha value is -3.67. The number of fused-ring (bicyclic) bond motifs is 1. The van der Waals surface area contributed by atoms with Gasteiger partial charge in [-0.3, -0.25) is 4.98 Å². The number of likely N-dealkylation sites (tertiary alicyclic amines) is 1. The summed E-state index contributed by atoms with van der Waals surface area (Å²) in [5.74, 6) is -0.379. The van der Waals surface area contributed by atoms with Crippen LogP contribution in [0.5, 0.6) is 0 Å². The van der Waals surface area contributed by atoms with Crippen molar-refractivity contribution in [2.75, 3.05) is 19.6 Å². The van der Waals surface area contributed by atoms with Crippen LogP contribution in [0.4, 0.5) is 4.39 Å². The lowest BCUT2D eigenvalue weighted by atomic mass is 9.97. The molecule has 0 saturated carbocycles.